The molecule has 1 atom stereocenters. The number of carbonyl (C=O) groups excluding carboxylic acids is 2. The molecule has 2 aliphatic heterocycles. The molecule has 7 nitrogen and oxygen atoms in total. The zero-order chi connectivity index (χ0) is 19.3. The number of benzene rings is 1. The molecule has 0 aliphatic carbocycles. The molecule has 0 radical (unpaired) electrons. The van der Waals surface area contributed by atoms with E-state index in [-0.39, 0.29) is 17.9 Å². The number of ether oxygens (including phenoxy) is 2. The summed E-state index contributed by atoms with van der Waals surface area (Å²) in [7, 11) is 0. The molecule has 2 amide bonds. The summed E-state index contributed by atoms with van der Waals surface area (Å²) in [5.41, 5.74) is 1.09. The number of nitrogens with zero attached hydrogens (tertiary/aromatic N) is 2. The first kappa shape index (κ1) is 18.6. The van der Waals surface area contributed by atoms with Gasteiger partial charge in [0.1, 0.15) is 18.6 Å². The lowest BCUT2D eigenvalue weighted by Crippen LogP contribution is -2.50. The van der Waals surface area contributed by atoms with Crippen LogP contribution in [0.15, 0.2) is 47.3 Å². The minimum absolute atomic E-state index is 0.0684. The molecule has 2 aliphatic rings. The second-order valence-corrected chi connectivity index (χ2v) is 7.04. The molecular formula is C21H24N2O5. The monoisotopic (exact) mass is 384 g/mol. The van der Waals surface area contributed by atoms with E-state index in [2.05, 4.69) is 0 Å². The lowest BCUT2D eigenvalue weighted by atomic mass is 10.1. The van der Waals surface area contributed by atoms with Gasteiger partial charge in [0.05, 0.1) is 23.5 Å². The van der Waals surface area contributed by atoms with Crippen molar-refractivity contribution >= 4 is 11.8 Å². The third-order valence-electron chi connectivity index (χ3n) is 5.19. The van der Waals surface area contributed by atoms with E-state index in [0.29, 0.717) is 49.7 Å². The second-order valence-electron chi connectivity index (χ2n) is 7.04. The third kappa shape index (κ3) is 4.04. The fraction of sp³-hybridized carbons (Fsp3) is 0.429. The maximum Gasteiger partial charge on any atom is 0.257 e. The lowest BCUT2D eigenvalue weighted by molar-refractivity contribution is 0.0523. The van der Waals surface area contributed by atoms with Crippen molar-refractivity contribution in [1.82, 2.24) is 9.80 Å². The van der Waals surface area contributed by atoms with Crippen molar-refractivity contribution in [3.63, 3.8) is 0 Å². The van der Waals surface area contributed by atoms with Crippen LogP contribution < -0.4 is 4.74 Å². The minimum atomic E-state index is -0.0710. The summed E-state index contributed by atoms with van der Waals surface area (Å²) in [6, 6.07) is 8.96. The van der Waals surface area contributed by atoms with Gasteiger partial charge in [-0.2, -0.15) is 0 Å². The summed E-state index contributed by atoms with van der Waals surface area (Å²) in [5.74, 6) is 0.444. The number of piperazine rings is 1. The number of para-hydroxylation sites is 1. The van der Waals surface area contributed by atoms with E-state index in [9.17, 15) is 9.59 Å². The van der Waals surface area contributed by atoms with Crippen LogP contribution in [0.2, 0.25) is 0 Å². The Hall–Kier alpha value is -2.80. The second kappa shape index (κ2) is 8.48. The molecule has 0 saturated carbocycles. The van der Waals surface area contributed by atoms with E-state index in [0.717, 1.165) is 19.4 Å². The van der Waals surface area contributed by atoms with Gasteiger partial charge in [-0.05, 0) is 31.0 Å². The molecule has 28 heavy (non-hydrogen) atoms. The standard InChI is InChI=1S/C21H24N2O5/c24-20(16-7-13-26-14-16)22-8-10-23(11-9-22)21(25)18-5-1-2-6-19(18)28-15-17-4-3-12-27-17/h1-2,5-7,13-14,17H,3-4,8-12,15H2. The maximum absolute atomic E-state index is 13.0. The van der Waals surface area contributed by atoms with Crippen LogP contribution in [0.4, 0.5) is 0 Å². The lowest BCUT2D eigenvalue weighted by Gasteiger charge is -2.34. The van der Waals surface area contributed by atoms with E-state index in [1.807, 2.05) is 18.2 Å². The summed E-state index contributed by atoms with van der Waals surface area (Å²) < 4.78 is 16.5. The molecule has 2 saturated heterocycles. The van der Waals surface area contributed by atoms with Crippen molar-refractivity contribution in [2.24, 2.45) is 0 Å². The molecule has 148 valence electrons. The molecule has 2 fully saturated rings. The van der Waals surface area contributed by atoms with E-state index in [4.69, 9.17) is 13.9 Å². The zero-order valence-electron chi connectivity index (χ0n) is 15.7. The van der Waals surface area contributed by atoms with Crippen LogP contribution in [0.3, 0.4) is 0 Å². The summed E-state index contributed by atoms with van der Waals surface area (Å²) >= 11 is 0. The Balaban J connectivity index is 1.36. The smallest absolute Gasteiger partial charge is 0.257 e. The van der Waals surface area contributed by atoms with Gasteiger partial charge in [-0.1, -0.05) is 12.1 Å². The van der Waals surface area contributed by atoms with Crippen molar-refractivity contribution < 1.29 is 23.5 Å². The topological polar surface area (TPSA) is 72.2 Å². The van der Waals surface area contributed by atoms with Crippen LogP contribution in [-0.2, 0) is 4.74 Å². The Labute approximate surface area is 163 Å². The Morgan fingerprint density at radius 2 is 1.79 bits per heavy atom. The molecule has 4 rings (SSSR count). The van der Waals surface area contributed by atoms with E-state index in [1.165, 1.54) is 12.5 Å². The maximum atomic E-state index is 13.0. The molecule has 3 heterocycles. The highest BCUT2D eigenvalue weighted by Gasteiger charge is 2.27. The highest BCUT2D eigenvalue weighted by Crippen LogP contribution is 2.23. The normalized spacial score (nSPS) is 19.6. The highest BCUT2D eigenvalue weighted by molar-refractivity contribution is 5.97. The number of amides is 2. The van der Waals surface area contributed by atoms with Crippen LogP contribution >= 0.6 is 0 Å². The molecule has 1 aromatic heterocycles. The number of carbonyl (C=O) groups is 2. The van der Waals surface area contributed by atoms with E-state index >= 15 is 0 Å². The number of rotatable bonds is 5. The number of hydrogen-bond acceptors (Lipinski definition) is 5. The van der Waals surface area contributed by atoms with Gasteiger partial charge in [-0.3, -0.25) is 9.59 Å². The summed E-state index contributed by atoms with van der Waals surface area (Å²) in [5, 5.41) is 0. The molecule has 2 aromatic rings. The SMILES string of the molecule is O=C(c1ccoc1)N1CCN(C(=O)c2ccccc2OCC2CCCO2)CC1. The Morgan fingerprint density at radius 3 is 2.46 bits per heavy atom. The van der Waals surface area contributed by atoms with Gasteiger partial charge < -0.3 is 23.7 Å². The molecule has 0 bridgehead atoms. The van der Waals surface area contributed by atoms with Crippen LogP contribution in [-0.4, -0.2) is 67.1 Å². The van der Waals surface area contributed by atoms with Gasteiger partial charge >= 0.3 is 0 Å². The predicted molar refractivity (Wildman–Crippen MR) is 101 cm³/mol. The molecule has 1 aromatic carbocycles. The van der Waals surface area contributed by atoms with Crippen molar-refractivity contribution in [2.45, 2.75) is 18.9 Å². The van der Waals surface area contributed by atoms with Crippen molar-refractivity contribution in [3.05, 3.63) is 54.0 Å². The van der Waals surface area contributed by atoms with Crippen molar-refractivity contribution in [1.29, 1.82) is 0 Å². The van der Waals surface area contributed by atoms with E-state index < -0.39 is 0 Å². The molecule has 0 N–H and O–H groups in total. The quantitative estimate of drug-likeness (QED) is 0.792. The van der Waals surface area contributed by atoms with Crippen LogP contribution in [0.5, 0.6) is 5.75 Å². The average molecular weight is 384 g/mol. The van der Waals surface area contributed by atoms with Crippen LogP contribution in [0.1, 0.15) is 33.6 Å². The molecular weight excluding hydrogens is 360 g/mol. The van der Waals surface area contributed by atoms with Crippen LogP contribution in [0, 0.1) is 0 Å². The molecule has 7 heteroatoms. The van der Waals surface area contributed by atoms with Crippen molar-refractivity contribution in [2.75, 3.05) is 39.4 Å². The Kier molecular flexibility index (Phi) is 5.62. The highest BCUT2D eigenvalue weighted by atomic mass is 16.5. The predicted octanol–water partition coefficient (Wildman–Crippen LogP) is 2.44. The Bertz CT molecular complexity index is 806. The first-order valence-electron chi connectivity index (χ1n) is 9.66. The van der Waals surface area contributed by atoms with Gasteiger partial charge in [-0.25, -0.2) is 0 Å². The van der Waals surface area contributed by atoms with Gasteiger partial charge in [-0.15, -0.1) is 0 Å². The third-order valence-corrected chi connectivity index (χ3v) is 5.19. The Morgan fingerprint density at radius 1 is 1.04 bits per heavy atom. The van der Waals surface area contributed by atoms with Gasteiger partial charge in [0.25, 0.3) is 11.8 Å². The van der Waals surface area contributed by atoms with E-state index in [1.54, 1.807) is 21.9 Å². The largest absolute Gasteiger partial charge is 0.490 e. The summed E-state index contributed by atoms with van der Waals surface area (Å²) in [6.07, 6.45) is 5.07. The van der Waals surface area contributed by atoms with Crippen LogP contribution in [0.25, 0.3) is 0 Å². The minimum Gasteiger partial charge on any atom is -0.490 e. The van der Waals surface area contributed by atoms with Gasteiger partial charge in [0.15, 0.2) is 0 Å². The number of furan rings is 1. The van der Waals surface area contributed by atoms with Crippen molar-refractivity contribution in [3.8, 4) is 5.75 Å². The first-order valence-corrected chi connectivity index (χ1v) is 9.66. The zero-order valence-corrected chi connectivity index (χ0v) is 15.7. The summed E-state index contributed by atoms with van der Waals surface area (Å²) in [6.45, 7) is 3.20. The fourth-order valence-corrected chi connectivity index (χ4v) is 3.58. The average Bonchev–Trinajstić information content (AvgIpc) is 3.46. The summed E-state index contributed by atoms with van der Waals surface area (Å²) in [4.78, 5) is 28.9. The van der Waals surface area contributed by atoms with Gasteiger partial charge in [0.2, 0.25) is 0 Å². The number of hydrogen-bond donors (Lipinski definition) is 0. The molecule has 0 spiro atoms. The first-order chi connectivity index (χ1) is 13.7. The molecule has 1 unspecified atom stereocenters. The van der Waals surface area contributed by atoms with Gasteiger partial charge in [0, 0.05) is 32.8 Å². The fourth-order valence-electron chi connectivity index (χ4n) is 3.58.